The zero-order valence-electron chi connectivity index (χ0n) is 32.6. The van der Waals surface area contributed by atoms with Crippen LogP contribution in [0.4, 0.5) is 0 Å². The van der Waals surface area contributed by atoms with E-state index in [2.05, 4.69) is 199 Å². The summed E-state index contributed by atoms with van der Waals surface area (Å²) < 4.78 is 0. The SMILES string of the molecule is C=C.CC1=C(C)c2ccccc2C1.CN=C1C=CC=C/C1=C(\c1ccccc1)c1ccc(-c2cc(C)cc(Cc3ccccc3C(C)=C(C)C)c2)cc1. The van der Waals surface area contributed by atoms with Gasteiger partial charge in [0.15, 0.2) is 0 Å². The Morgan fingerprint density at radius 2 is 1.30 bits per heavy atom. The maximum Gasteiger partial charge on any atom is 0.0649 e. The predicted octanol–water partition coefficient (Wildman–Crippen LogP) is 13.9. The third-order valence-corrected chi connectivity index (χ3v) is 10.2. The van der Waals surface area contributed by atoms with Gasteiger partial charge >= 0.3 is 0 Å². The van der Waals surface area contributed by atoms with Crippen molar-refractivity contribution >= 4 is 22.4 Å². The van der Waals surface area contributed by atoms with Crippen molar-refractivity contribution in [1.29, 1.82) is 0 Å². The Morgan fingerprint density at radius 1 is 0.660 bits per heavy atom. The Labute approximate surface area is 318 Å². The fourth-order valence-corrected chi connectivity index (χ4v) is 7.14. The van der Waals surface area contributed by atoms with Gasteiger partial charge in [0.2, 0.25) is 0 Å². The molecule has 0 heterocycles. The summed E-state index contributed by atoms with van der Waals surface area (Å²) in [5.74, 6) is 0. The van der Waals surface area contributed by atoms with Crippen molar-refractivity contribution in [2.24, 2.45) is 4.99 Å². The van der Waals surface area contributed by atoms with Gasteiger partial charge in [0.05, 0.1) is 5.71 Å². The molecule has 0 saturated carbocycles. The van der Waals surface area contributed by atoms with Crippen LogP contribution >= 0.6 is 0 Å². The third-order valence-electron chi connectivity index (χ3n) is 10.2. The molecule has 0 spiro atoms. The highest BCUT2D eigenvalue weighted by Crippen LogP contribution is 2.34. The first-order chi connectivity index (χ1) is 25.7. The lowest BCUT2D eigenvalue weighted by atomic mass is 9.88. The summed E-state index contributed by atoms with van der Waals surface area (Å²) in [5.41, 5.74) is 22.2. The van der Waals surface area contributed by atoms with Crippen LogP contribution in [0.5, 0.6) is 0 Å². The van der Waals surface area contributed by atoms with Crippen molar-refractivity contribution in [1.82, 2.24) is 0 Å². The topological polar surface area (TPSA) is 12.4 Å². The fourth-order valence-electron chi connectivity index (χ4n) is 7.14. The van der Waals surface area contributed by atoms with Crippen molar-refractivity contribution in [2.75, 3.05) is 7.05 Å². The summed E-state index contributed by atoms with van der Waals surface area (Å²) in [7, 11) is 1.86. The average Bonchev–Trinajstić information content (AvgIpc) is 3.49. The molecule has 53 heavy (non-hydrogen) atoms. The molecule has 5 aromatic carbocycles. The molecular weight excluding hydrogens is 639 g/mol. The summed E-state index contributed by atoms with van der Waals surface area (Å²) in [6.45, 7) is 19.2. The van der Waals surface area contributed by atoms with E-state index in [1.165, 1.54) is 83.5 Å². The van der Waals surface area contributed by atoms with Crippen LogP contribution in [-0.2, 0) is 12.8 Å². The van der Waals surface area contributed by atoms with Crippen LogP contribution in [0.15, 0.2) is 181 Å². The first-order valence-electron chi connectivity index (χ1n) is 18.5. The predicted molar refractivity (Wildman–Crippen MR) is 234 cm³/mol. The van der Waals surface area contributed by atoms with E-state index in [0.717, 1.165) is 24.1 Å². The Morgan fingerprint density at radius 3 is 2.00 bits per heavy atom. The maximum atomic E-state index is 4.56. The minimum atomic E-state index is 0.913. The summed E-state index contributed by atoms with van der Waals surface area (Å²) in [5, 5.41) is 0. The van der Waals surface area contributed by atoms with Gasteiger partial charge in [0, 0.05) is 12.6 Å². The molecule has 5 aromatic rings. The number of aryl methyl sites for hydroxylation is 1. The van der Waals surface area contributed by atoms with Gasteiger partial charge in [-0.1, -0.05) is 156 Å². The Bertz CT molecular complexity index is 2240. The van der Waals surface area contributed by atoms with Crippen LogP contribution in [0.25, 0.3) is 27.8 Å². The van der Waals surface area contributed by atoms with Gasteiger partial charge in [-0.05, 0) is 127 Å². The number of rotatable bonds is 6. The number of benzene rings is 5. The zero-order chi connectivity index (χ0) is 37.9. The highest BCUT2D eigenvalue weighted by Gasteiger charge is 2.16. The second-order valence-electron chi connectivity index (χ2n) is 14.0. The van der Waals surface area contributed by atoms with E-state index >= 15 is 0 Å². The van der Waals surface area contributed by atoms with E-state index < -0.39 is 0 Å². The summed E-state index contributed by atoms with van der Waals surface area (Å²) in [6.07, 6.45) is 10.5. The zero-order valence-corrected chi connectivity index (χ0v) is 32.6. The monoisotopic (exact) mass is 691 g/mol. The molecule has 0 unspecified atom stereocenters. The molecule has 266 valence electrons. The summed E-state index contributed by atoms with van der Waals surface area (Å²) in [4.78, 5) is 4.56. The third kappa shape index (κ3) is 9.18. The van der Waals surface area contributed by atoms with Crippen molar-refractivity contribution in [2.45, 2.75) is 54.4 Å². The lowest BCUT2D eigenvalue weighted by Crippen LogP contribution is -2.05. The van der Waals surface area contributed by atoms with Crippen LogP contribution in [0.1, 0.15) is 79.1 Å². The molecule has 2 aliphatic rings. The molecule has 0 radical (unpaired) electrons. The Balaban J connectivity index is 0.000000351. The number of fused-ring (bicyclic) bond motifs is 1. The van der Waals surface area contributed by atoms with Crippen LogP contribution in [0.2, 0.25) is 0 Å². The second kappa shape index (κ2) is 18.1. The largest absolute Gasteiger partial charge is 0.288 e. The maximum absolute atomic E-state index is 4.56. The van der Waals surface area contributed by atoms with E-state index in [-0.39, 0.29) is 0 Å². The number of allylic oxidation sites excluding steroid dienone is 9. The lowest BCUT2D eigenvalue weighted by Gasteiger charge is -2.17. The van der Waals surface area contributed by atoms with E-state index in [0.29, 0.717) is 0 Å². The summed E-state index contributed by atoms with van der Waals surface area (Å²) in [6, 6.07) is 44.0. The van der Waals surface area contributed by atoms with Crippen molar-refractivity contribution in [3.63, 3.8) is 0 Å². The molecule has 0 bridgehead atoms. The van der Waals surface area contributed by atoms with Gasteiger partial charge in [0.1, 0.15) is 0 Å². The minimum absolute atomic E-state index is 0.913. The molecule has 0 aliphatic heterocycles. The number of aliphatic imine (C=N–C) groups is 1. The lowest BCUT2D eigenvalue weighted by molar-refractivity contribution is 1.16. The van der Waals surface area contributed by atoms with Crippen LogP contribution in [0, 0.1) is 6.92 Å². The first kappa shape index (κ1) is 38.4. The fraction of sp³-hybridized carbons (Fsp3) is 0.173. The molecule has 1 nitrogen and oxygen atoms in total. The van der Waals surface area contributed by atoms with Crippen molar-refractivity contribution < 1.29 is 0 Å². The van der Waals surface area contributed by atoms with Gasteiger partial charge < -0.3 is 0 Å². The molecule has 2 aliphatic carbocycles. The standard InChI is InChI=1S/C39H37N.C11H12.C2H4/c1-27(2)29(4)36-16-10-9-15-34(36)25-30-23-28(3)24-35(26-30)31-19-21-33(22-20-31)39(32-13-7-6-8-14-32)37-17-11-12-18-38(37)40-5;1-8-7-10-5-3-4-6-11(10)9(8)2;1-2/h6-24,26H,25H2,1-5H3;3-6H,7H2,1-2H3;1-2H2/b39-37-,40-38?;;. The second-order valence-corrected chi connectivity index (χ2v) is 14.0. The summed E-state index contributed by atoms with van der Waals surface area (Å²) >= 11 is 0. The molecule has 0 atom stereocenters. The van der Waals surface area contributed by atoms with Gasteiger partial charge in [-0.2, -0.15) is 0 Å². The highest BCUT2D eigenvalue weighted by molar-refractivity contribution is 6.17. The molecule has 0 N–H and O–H groups in total. The van der Waals surface area contributed by atoms with Gasteiger partial charge in [-0.3, -0.25) is 4.99 Å². The van der Waals surface area contributed by atoms with E-state index in [1.807, 2.05) is 13.1 Å². The average molecular weight is 692 g/mol. The molecule has 7 rings (SSSR count). The molecular formula is C52H53N. The molecule has 0 saturated heterocycles. The minimum Gasteiger partial charge on any atom is -0.288 e. The number of hydrogen-bond donors (Lipinski definition) is 0. The van der Waals surface area contributed by atoms with Crippen LogP contribution < -0.4 is 0 Å². The number of hydrogen-bond acceptors (Lipinski definition) is 1. The van der Waals surface area contributed by atoms with Gasteiger partial charge in [-0.15, -0.1) is 13.2 Å². The molecule has 0 fully saturated rings. The smallest absolute Gasteiger partial charge is 0.0649 e. The van der Waals surface area contributed by atoms with Crippen LogP contribution in [0.3, 0.4) is 0 Å². The van der Waals surface area contributed by atoms with Gasteiger partial charge in [0.25, 0.3) is 0 Å². The quantitative estimate of drug-likeness (QED) is 0.157. The normalized spacial score (nSPS) is 14.5. The van der Waals surface area contributed by atoms with E-state index in [1.54, 1.807) is 0 Å². The van der Waals surface area contributed by atoms with Crippen LogP contribution in [-0.4, -0.2) is 12.8 Å². The molecule has 0 amide bonds. The Hall–Kier alpha value is -5.79. The Kier molecular flexibility index (Phi) is 13.1. The highest BCUT2D eigenvalue weighted by atomic mass is 14.7. The van der Waals surface area contributed by atoms with Crippen molar-refractivity contribution in [3.05, 3.63) is 220 Å². The van der Waals surface area contributed by atoms with Crippen molar-refractivity contribution in [3.8, 4) is 11.1 Å². The molecule has 1 heteroatoms. The molecule has 0 aromatic heterocycles. The van der Waals surface area contributed by atoms with Gasteiger partial charge in [-0.25, -0.2) is 0 Å². The first-order valence-corrected chi connectivity index (χ1v) is 18.5. The van der Waals surface area contributed by atoms with E-state index in [4.69, 9.17) is 0 Å². The van der Waals surface area contributed by atoms with E-state index in [9.17, 15) is 0 Å². The number of nitrogens with zero attached hydrogens (tertiary/aromatic N) is 1.